The molecule has 0 aliphatic heterocycles. The maximum atomic E-state index is 9.44. The Hall–Kier alpha value is -1.32. The first-order valence-corrected chi connectivity index (χ1v) is 7.22. The van der Waals surface area contributed by atoms with Crippen molar-refractivity contribution >= 4 is 11.3 Å². The van der Waals surface area contributed by atoms with Crippen molar-refractivity contribution in [2.45, 2.75) is 32.4 Å². The molecule has 1 heterocycles. The number of nitrogens with one attached hydrogen (secondary N) is 1. The number of benzene rings is 1. The third-order valence-electron chi connectivity index (χ3n) is 2.93. The van der Waals surface area contributed by atoms with Crippen LogP contribution in [0.5, 0.6) is 5.75 Å². The van der Waals surface area contributed by atoms with Gasteiger partial charge in [-0.15, -0.1) is 11.3 Å². The van der Waals surface area contributed by atoms with Crippen LogP contribution in [0.4, 0.5) is 0 Å². The lowest BCUT2D eigenvalue weighted by atomic mass is 10.1. The fourth-order valence-electron chi connectivity index (χ4n) is 2.03. The summed E-state index contributed by atoms with van der Waals surface area (Å²) in [5, 5.41) is 15.1. The predicted molar refractivity (Wildman–Crippen MR) is 76.9 cm³/mol. The molecule has 2 rings (SSSR count). The standard InChI is InChI=1S/C15H19NOS/c1-2-5-14(15-8-4-9-18-15)16-11-12-6-3-7-13(17)10-12/h3-4,6-10,14,16-17H,2,5,11H2,1H3. The van der Waals surface area contributed by atoms with Gasteiger partial charge in [0.25, 0.3) is 0 Å². The Morgan fingerprint density at radius 1 is 1.28 bits per heavy atom. The van der Waals surface area contributed by atoms with Gasteiger partial charge < -0.3 is 10.4 Å². The summed E-state index contributed by atoms with van der Waals surface area (Å²) in [5.41, 5.74) is 1.12. The molecule has 1 atom stereocenters. The molecular weight excluding hydrogens is 242 g/mol. The first-order chi connectivity index (χ1) is 8.79. The monoisotopic (exact) mass is 261 g/mol. The predicted octanol–water partition coefficient (Wildman–Crippen LogP) is 4.08. The summed E-state index contributed by atoms with van der Waals surface area (Å²) in [6.45, 7) is 2.99. The zero-order valence-electron chi connectivity index (χ0n) is 10.6. The normalized spacial score (nSPS) is 12.5. The maximum Gasteiger partial charge on any atom is 0.115 e. The van der Waals surface area contributed by atoms with E-state index in [4.69, 9.17) is 0 Å². The number of rotatable bonds is 6. The molecule has 18 heavy (non-hydrogen) atoms. The van der Waals surface area contributed by atoms with Crippen molar-refractivity contribution in [2.24, 2.45) is 0 Å². The molecule has 1 aromatic carbocycles. The van der Waals surface area contributed by atoms with Crippen LogP contribution in [0.15, 0.2) is 41.8 Å². The van der Waals surface area contributed by atoms with Crippen LogP contribution >= 0.6 is 11.3 Å². The average Bonchev–Trinajstić information content (AvgIpc) is 2.88. The van der Waals surface area contributed by atoms with Crippen LogP contribution in [0.2, 0.25) is 0 Å². The van der Waals surface area contributed by atoms with Crippen LogP contribution in [0.1, 0.15) is 36.2 Å². The Labute approximate surface area is 112 Å². The van der Waals surface area contributed by atoms with Gasteiger partial charge in [0.05, 0.1) is 0 Å². The first-order valence-electron chi connectivity index (χ1n) is 6.34. The summed E-state index contributed by atoms with van der Waals surface area (Å²) in [6, 6.07) is 12.1. The molecule has 0 aliphatic rings. The van der Waals surface area contributed by atoms with Crippen LogP contribution in [0.3, 0.4) is 0 Å². The van der Waals surface area contributed by atoms with E-state index >= 15 is 0 Å². The third-order valence-corrected chi connectivity index (χ3v) is 3.91. The third kappa shape index (κ3) is 3.59. The van der Waals surface area contributed by atoms with E-state index in [1.165, 1.54) is 4.88 Å². The Balaban J connectivity index is 1.98. The minimum absolute atomic E-state index is 0.331. The van der Waals surface area contributed by atoms with Crippen molar-refractivity contribution in [1.82, 2.24) is 5.32 Å². The largest absolute Gasteiger partial charge is 0.508 e. The lowest BCUT2D eigenvalue weighted by molar-refractivity contribution is 0.471. The van der Waals surface area contributed by atoms with E-state index in [0.717, 1.165) is 24.9 Å². The quantitative estimate of drug-likeness (QED) is 0.821. The van der Waals surface area contributed by atoms with Crippen molar-refractivity contribution in [3.8, 4) is 5.75 Å². The minimum Gasteiger partial charge on any atom is -0.508 e. The highest BCUT2D eigenvalue weighted by atomic mass is 32.1. The zero-order valence-corrected chi connectivity index (χ0v) is 11.4. The molecule has 1 aromatic heterocycles. The molecule has 0 fully saturated rings. The number of phenols is 1. The van der Waals surface area contributed by atoms with Crippen molar-refractivity contribution in [3.63, 3.8) is 0 Å². The molecule has 0 amide bonds. The number of thiophene rings is 1. The molecule has 0 saturated carbocycles. The van der Waals surface area contributed by atoms with Gasteiger partial charge in [0.1, 0.15) is 5.75 Å². The zero-order chi connectivity index (χ0) is 12.8. The second-order valence-electron chi connectivity index (χ2n) is 4.41. The molecule has 0 aliphatic carbocycles. The van der Waals surface area contributed by atoms with Gasteiger partial charge in [0, 0.05) is 17.5 Å². The van der Waals surface area contributed by atoms with E-state index in [1.807, 2.05) is 18.2 Å². The van der Waals surface area contributed by atoms with Crippen molar-refractivity contribution in [1.29, 1.82) is 0 Å². The second-order valence-corrected chi connectivity index (χ2v) is 5.39. The van der Waals surface area contributed by atoms with Gasteiger partial charge in [-0.3, -0.25) is 0 Å². The maximum absolute atomic E-state index is 9.44. The highest BCUT2D eigenvalue weighted by Crippen LogP contribution is 2.23. The first kappa shape index (κ1) is 13.1. The topological polar surface area (TPSA) is 32.3 Å². The number of phenolic OH excluding ortho intramolecular Hbond substituents is 1. The Morgan fingerprint density at radius 2 is 2.17 bits per heavy atom. The van der Waals surface area contributed by atoms with E-state index in [1.54, 1.807) is 17.4 Å². The van der Waals surface area contributed by atoms with Crippen LogP contribution < -0.4 is 5.32 Å². The van der Waals surface area contributed by atoms with Crippen LogP contribution in [-0.4, -0.2) is 5.11 Å². The summed E-state index contributed by atoms with van der Waals surface area (Å²) in [4.78, 5) is 1.39. The fraction of sp³-hybridized carbons (Fsp3) is 0.333. The highest BCUT2D eigenvalue weighted by Gasteiger charge is 2.10. The molecule has 0 bridgehead atoms. The Kier molecular flexibility index (Phi) is 4.79. The summed E-state index contributed by atoms with van der Waals surface area (Å²) in [6.07, 6.45) is 2.30. The van der Waals surface area contributed by atoms with E-state index < -0.39 is 0 Å². The summed E-state index contributed by atoms with van der Waals surface area (Å²) < 4.78 is 0. The summed E-state index contributed by atoms with van der Waals surface area (Å²) in [7, 11) is 0. The second kappa shape index (κ2) is 6.57. The van der Waals surface area contributed by atoms with Gasteiger partial charge in [0.15, 0.2) is 0 Å². The summed E-state index contributed by atoms with van der Waals surface area (Å²) >= 11 is 1.80. The molecule has 0 spiro atoms. The van der Waals surface area contributed by atoms with Crippen LogP contribution in [-0.2, 0) is 6.54 Å². The summed E-state index contributed by atoms with van der Waals surface area (Å²) in [5.74, 6) is 0.331. The highest BCUT2D eigenvalue weighted by molar-refractivity contribution is 7.10. The van der Waals surface area contributed by atoms with E-state index in [-0.39, 0.29) is 0 Å². The van der Waals surface area contributed by atoms with Crippen molar-refractivity contribution < 1.29 is 5.11 Å². The molecule has 96 valence electrons. The van der Waals surface area contributed by atoms with Crippen LogP contribution in [0.25, 0.3) is 0 Å². The molecule has 2 nitrogen and oxygen atoms in total. The lowest BCUT2D eigenvalue weighted by Crippen LogP contribution is -2.19. The number of aromatic hydroxyl groups is 1. The number of hydrogen-bond acceptors (Lipinski definition) is 3. The van der Waals surface area contributed by atoms with E-state index in [0.29, 0.717) is 11.8 Å². The smallest absolute Gasteiger partial charge is 0.115 e. The van der Waals surface area contributed by atoms with Gasteiger partial charge in [-0.25, -0.2) is 0 Å². The average molecular weight is 261 g/mol. The fourth-order valence-corrected chi connectivity index (χ4v) is 2.87. The Morgan fingerprint density at radius 3 is 2.83 bits per heavy atom. The van der Waals surface area contributed by atoms with Crippen molar-refractivity contribution in [3.05, 3.63) is 52.2 Å². The molecule has 2 aromatic rings. The van der Waals surface area contributed by atoms with Gasteiger partial charge in [0.2, 0.25) is 0 Å². The van der Waals surface area contributed by atoms with Gasteiger partial charge in [-0.2, -0.15) is 0 Å². The van der Waals surface area contributed by atoms with Gasteiger partial charge in [-0.1, -0.05) is 31.5 Å². The molecule has 3 heteroatoms. The molecule has 0 saturated heterocycles. The van der Waals surface area contributed by atoms with Gasteiger partial charge >= 0.3 is 0 Å². The molecule has 1 unspecified atom stereocenters. The van der Waals surface area contributed by atoms with E-state index in [9.17, 15) is 5.11 Å². The van der Waals surface area contributed by atoms with Crippen molar-refractivity contribution in [2.75, 3.05) is 0 Å². The number of hydrogen-bond donors (Lipinski definition) is 2. The lowest BCUT2D eigenvalue weighted by Gasteiger charge is -2.16. The SMILES string of the molecule is CCCC(NCc1cccc(O)c1)c1cccs1. The molecular formula is C15H19NOS. The van der Waals surface area contributed by atoms with E-state index in [2.05, 4.69) is 29.8 Å². The molecule has 0 radical (unpaired) electrons. The van der Waals surface area contributed by atoms with Gasteiger partial charge in [-0.05, 0) is 35.6 Å². The Bertz CT molecular complexity index is 467. The minimum atomic E-state index is 0.331. The van der Waals surface area contributed by atoms with Crippen LogP contribution in [0, 0.1) is 0 Å². The molecule has 2 N–H and O–H groups in total.